The van der Waals surface area contributed by atoms with Gasteiger partial charge in [-0.25, -0.2) is 0 Å². The molecular weight excluding hydrogens is 228 g/mol. The topological polar surface area (TPSA) is 66.9 Å². The Hall–Kier alpha value is -1.49. The van der Waals surface area contributed by atoms with Crippen LogP contribution >= 0.6 is 0 Å². The third kappa shape index (κ3) is 5.23. The van der Waals surface area contributed by atoms with Crippen LogP contribution in [0.4, 0.5) is 0 Å². The number of hydrogen-bond donors (Lipinski definition) is 2. The van der Waals surface area contributed by atoms with Crippen LogP contribution in [0.5, 0.6) is 0 Å². The average Bonchev–Trinajstić information content (AvgIpc) is 2.37. The summed E-state index contributed by atoms with van der Waals surface area (Å²) in [4.78, 5) is 11.8. The first-order valence-corrected chi connectivity index (χ1v) is 6.43. The van der Waals surface area contributed by atoms with Gasteiger partial charge in [0, 0.05) is 18.8 Å². The maximum absolute atomic E-state index is 11.8. The lowest BCUT2D eigenvalue weighted by molar-refractivity contribution is -0.123. The molecule has 1 aromatic heterocycles. The normalized spacial score (nSPS) is 13.9. The third-order valence-electron chi connectivity index (χ3n) is 2.72. The summed E-state index contributed by atoms with van der Waals surface area (Å²) in [5.41, 5.74) is 0.832. The van der Waals surface area contributed by atoms with Gasteiger partial charge >= 0.3 is 0 Å². The predicted molar refractivity (Wildman–Crippen MR) is 70.8 cm³/mol. The highest BCUT2D eigenvalue weighted by molar-refractivity contribution is 5.81. The van der Waals surface area contributed by atoms with Crippen LogP contribution in [0.3, 0.4) is 0 Å². The molecule has 0 radical (unpaired) electrons. The molecule has 5 heteroatoms. The summed E-state index contributed by atoms with van der Waals surface area (Å²) in [6, 6.07) is 3.71. The molecule has 0 aromatic carbocycles. The maximum atomic E-state index is 11.8. The number of aromatic nitrogens is 2. The zero-order valence-corrected chi connectivity index (χ0v) is 11.3. The van der Waals surface area contributed by atoms with Gasteiger partial charge in [0.2, 0.25) is 5.91 Å². The van der Waals surface area contributed by atoms with Crippen molar-refractivity contribution >= 4 is 5.91 Å². The summed E-state index contributed by atoms with van der Waals surface area (Å²) in [5.74, 6) is 0.0276. The van der Waals surface area contributed by atoms with E-state index >= 15 is 0 Å². The molecule has 2 unspecified atom stereocenters. The van der Waals surface area contributed by atoms with Gasteiger partial charge in [0.1, 0.15) is 0 Å². The Morgan fingerprint density at radius 2 is 2.22 bits per heavy atom. The lowest BCUT2D eigenvalue weighted by Gasteiger charge is -2.17. The minimum atomic E-state index is -0.230. The van der Waals surface area contributed by atoms with Crippen LogP contribution in [0, 0.1) is 0 Å². The number of carbonyl (C=O) groups is 1. The van der Waals surface area contributed by atoms with Crippen molar-refractivity contribution in [1.82, 2.24) is 20.8 Å². The van der Waals surface area contributed by atoms with Crippen molar-refractivity contribution in [3.8, 4) is 0 Å². The van der Waals surface area contributed by atoms with Crippen LogP contribution in [0.15, 0.2) is 18.3 Å². The molecule has 1 aromatic rings. The number of amides is 1. The predicted octanol–water partition coefficient (Wildman–Crippen LogP) is 1.26. The molecule has 1 rings (SSSR count). The number of hydrogen-bond acceptors (Lipinski definition) is 4. The highest BCUT2D eigenvalue weighted by atomic mass is 16.2. The molecule has 0 fully saturated rings. The zero-order valence-electron chi connectivity index (χ0n) is 11.3. The van der Waals surface area contributed by atoms with E-state index < -0.39 is 0 Å². The summed E-state index contributed by atoms with van der Waals surface area (Å²) >= 11 is 0. The van der Waals surface area contributed by atoms with E-state index in [2.05, 4.69) is 27.8 Å². The van der Waals surface area contributed by atoms with Crippen molar-refractivity contribution in [2.45, 2.75) is 52.2 Å². The van der Waals surface area contributed by atoms with Crippen LogP contribution < -0.4 is 10.6 Å². The van der Waals surface area contributed by atoms with Crippen LogP contribution in [0.2, 0.25) is 0 Å². The quantitative estimate of drug-likeness (QED) is 0.764. The highest BCUT2D eigenvalue weighted by Crippen LogP contribution is 1.97. The van der Waals surface area contributed by atoms with Crippen molar-refractivity contribution in [2.24, 2.45) is 0 Å². The molecule has 1 heterocycles. The van der Waals surface area contributed by atoms with Gasteiger partial charge in [0.15, 0.2) is 0 Å². The van der Waals surface area contributed by atoms with Gasteiger partial charge in [0.25, 0.3) is 0 Å². The summed E-state index contributed by atoms with van der Waals surface area (Å²) < 4.78 is 0. The highest BCUT2D eigenvalue weighted by Gasteiger charge is 2.14. The summed E-state index contributed by atoms with van der Waals surface area (Å²) in [6.45, 7) is 6.53. The van der Waals surface area contributed by atoms with E-state index in [0.29, 0.717) is 6.54 Å². The van der Waals surface area contributed by atoms with E-state index in [0.717, 1.165) is 18.5 Å². The van der Waals surface area contributed by atoms with E-state index in [9.17, 15) is 4.79 Å². The molecule has 0 saturated heterocycles. The van der Waals surface area contributed by atoms with Gasteiger partial charge in [-0.15, -0.1) is 0 Å². The van der Waals surface area contributed by atoms with Crippen LogP contribution in [-0.4, -0.2) is 28.2 Å². The van der Waals surface area contributed by atoms with Gasteiger partial charge in [-0.05, 0) is 32.4 Å². The number of nitrogens with zero attached hydrogens (tertiary/aromatic N) is 2. The fraction of sp³-hybridized carbons (Fsp3) is 0.615. The second-order valence-electron chi connectivity index (χ2n) is 4.52. The number of rotatable bonds is 7. The summed E-state index contributed by atoms with van der Waals surface area (Å²) in [6.07, 6.45) is 3.71. The Kier molecular flexibility index (Phi) is 6.28. The first-order chi connectivity index (χ1) is 8.63. The van der Waals surface area contributed by atoms with E-state index in [-0.39, 0.29) is 18.0 Å². The van der Waals surface area contributed by atoms with Crippen molar-refractivity contribution in [2.75, 3.05) is 0 Å². The van der Waals surface area contributed by atoms with Crippen LogP contribution in [0.1, 0.15) is 39.3 Å². The number of carbonyl (C=O) groups excluding carboxylic acids is 1. The van der Waals surface area contributed by atoms with Crippen LogP contribution in [0.25, 0.3) is 0 Å². The van der Waals surface area contributed by atoms with Gasteiger partial charge < -0.3 is 10.6 Å². The van der Waals surface area contributed by atoms with E-state index in [1.807, 2.05) is 26.0 Å². The van der Waals surface area contributed by atoms with Gasteiger partial charge in [-0.1, -0.05) is 13.3 Å². The Labute approximate surface area is 108 Å². The standard InChI is InChI=1S/C13H22N4O/c1-4-6-10(2)16-13(18)11(3)14-9-12-7-5-8-15-17-12/h5,7-8,10-11,14H,4,6,9H2,1-3H3,(H,16,18). The monoisotopic (exact) mass is 250 g/mol. The molecule has 0 bridgehead atoms. The van der Waals surface area contributed by atoms with E-state index in [1.54, 1.807) is 6.20 Å². The molecular formula is C13H22N4O. The molecule has 18 heavy (non-hydrogen) atoms. The van der Waals surface area contributed by atoms with Crippen molar-refractivity contribution in [3.63, 3.8) is 0 Å². The lowest BCUT2D eigenvalue weighted by atomic mass is 10.2. The Morgan fingerprint density at radius 1 is 1.44 bits per heavy atom. The first-order valence-electron chi connectivity index (χ1n) is 6.43. The molecule has 0 spiro atoms. The molecule has 0 aliphatic rings. The molecule has 2 atom stereocenters. The fourth-order valence-electron chi connectivity index (χ4n) is 1.65. The van der Waals surface area contributed by atoms with Crippen molar-refractivity contribution < 1.29 is 4.79 Å². The third-order valence-corrected chi connectivity index (χ3v) is 2.72. The Morgan fingerprint density at radius 3 is 2.83 bits per heavy atom. The zero-order chi connectivity index (χ0) is 13.4. The van der Waals surface area contributed by atoms with E-state index in [4.69, 9.17) is 0 Å². The van der Waals surface area contributed by atoms with Crippen LogP contribution in [-0.2, 0) is 11.3 Å². The van der Waals surface area contributed by atoms with Crippen molar-refractivity contribution in [3.05, 3.63) is 24.0 Å². The molecule has 100 valence electrons. The van der Waals surface area contributed by atoms with Gasteiger partial charge in [0.05, 0.1) is 11.7 Å². The van der Waals surface area contributed by atoms with Gasteiger partial charge in [-0.3, -0.25) is 4.79 Å². The SMILES string of the molecule is CCCC(C)NC(=O)C(C)NCc1cccnn1. The first kappa shape index (κ1) is 14.6. The lowest BCUT2D eigenvalue weighted by Crippen LogP contribution is -2.45. The minimum Gasteiger partial charge on any atom is -0.352 e. The Balaban J connectivity index is 2.32. The molecule has 0 aliphatic heterocycles. The van der Waals surface area contributed by atoms with Gasteiger partial charge in [-0.2, -0.15) is 10.2 Å². The number of nitrogens with one attached hydrogen (secondary N) is 2. The second-order valence-corrected chi connectivity index (χ2v) is 4.52. The average molecular weight is 250 g/mol. The molecule has 5 nitrogen and oxygen atoms in total. The smallest absolute Gasteiger partial charge is 0.237 e. The summed E-state index contributed by atoms with van der Waals surface area (Å²) in [5, 5.41) is 13.9. The maximum Gasteiger partial charge on any atom is 0.237 e. The molecule has 0 aliphatic carbocycles. The molecule has 2 N–H and O–H groups in total. The molecule has 1 amide bonds. The molecule has 0 saturated carbocycles. The van der Waals surface area contributed by atoms with Crippen molar-refractivity contribution in [1.29, 1.82) is 0 Å². The fourth-order valence-corrected chi connectivity index (χ4v) is 1.65. The Bertz CT molecular complexity index is 355. The van der Waals surface area contributed by atoms with E-state index in [1.165, 1.54) is 0 Å². The minimum absolute atomic E-state index is 0.0276. The summed E-state index contributed by atoms with van der Waals surface area (Å²) in [7, 11) is 0. The largest absolute Gasteiger partial charge is 0.352 e. The second kappa shape index (κ2) is 7.76.